The van der Waals surface area contributed by atoms with Crippen molar-refractivity contribution in [3.8, 4) is 11.1 Å². The van der Waals surface area contributed by atoms with Gasteiger partial charge in [0, 0.05) is 26.6 Å². The molecule has 0 radical (unpaired) electrons. The topological polar surface area (TPSA) is 54.4 Å². The van der Waals surface area contributed by atoms with E-state index in [1.54, 1.807) is 12.1 Å². The van der Waals surface area contributed by atoms with Crippen LogP contribution < -0.4 is 0 Å². The summed E-state index contributed by atoms with van der Waals surface area (Å²) in [6, 6.07) is 7.60. The van der Waals surface area contributed by atoms with Gasteiger partial charge in [-0.3, -0.25) is 4.79 Å². The number of aldehydes is 1. The number of rotatable bonds is 3. The van der Waals surface area contributed by atoms with Crippen LogP contribution in [0.5, 0.6) is 0 Å². The Labute approximate surface area is 130 Å². The van der Waals surface area contributed by atoms with Crippen LogP contribution in [0.1, 0.15) is 20.7 Å². The maximum absolute atomic E-state index is 11.3. The number of hydrogen-bond acceptors (Lipinski definition) is 3. The first kappa shape index (κ1) is 14.9. The summed E-state index contributed by atoms with van der Waals surface area (Å²) in [5.41, 5.74) is 0.697. The van der Waals surface area contributed by atoms with E-state index in [0.29, 0.717) is 11.2 Å². The molecule has 0 aliphatic rings. The van der Waals surface area contributed by atoms with E-state index in [0.717, 1.165) is 0 Å². The van der Waals surface area contributed by atoms with E-state index in [9.17, 15) is 14.7 Å². The second-order valence-electron chi connectivity index (χ2n) is 3.94. The van der Waals surface area contributed by atoms with E-state index in [2.05, 4.69) is 12.6 Å². The molecule has 0 bridgehead atoms. The second kappa shape index (κ2) is 5.87. The van der Waals surface area contributed by atoms with Crippen LogP contribution in [-0.2, 0) is 0 Å². The van der Waals surface area contributed by atoms with Crippen LogP contribution in [0.15, 0.2) is 35.2 Å². The number of aromatic carboxylic acids is 1. The van der Waals surface area contributed by atoms with Gasteiger partial charge in [0.2, 0.25) is 0 Å². The summed E-state index contributed by atoms with van der Waals surface area (Å²) < 4.78 is 0. The van der Waals surface area contributed by atoms with Crippen LogP contribution in [0.3, 0.4) is 0 Å². The van der Waals surface area contributed by atoms with E-state index >= 15 is 0 Å². The van der Waals surface area contributed by atoms with E-state index in [4.69, 9.17) is 23.2 Å². The van der Waals surface area contributed by atoms with Crippen LogP contribution in [0.4, 0.5) is 0 Å². The maximum atomic E-state index is 11.3. The fourth-order valence-electron chi connectivity index (χ4n) is 1.92. The Kier molecular flexibility index (Phi) is 4.38. The van der Waals surface area contributed by atoms with Crippen molar-refractivity contribution in [1.82, 2.24) is 0 Å². The van der Waals surface area contributed by atoms with Gasteiger partial charge in [-0.15, -0.1) is 12.6 Å². The van der Waals surface area contributed by atoms with Crippen molar-refractivity contribution in [3.05, 3.63) is 51.5 Å². The third-order valence-corrected chi connectivity index (χ3v) is 3.80. The predicted molar refractivity (Wildman–Crippen MR) is 81.5 cm³/mol. The monoisotopic (exact) mass is 326 g/mol. The van der Waals surface area contributed by atoms with Crippen LogP contribution >= 0.6 is 35.8 Å². The molecule has 0 aliphatic carbocycles. The summed E-state index contributed by atoms with van der Waals surface area (Å²) >= 11 is 16.4. The fourth-order valence-corrected chi connectivity index (χ4v) is 2.70. The Hall–Kier alpha value is -1.49. The number of hydrogen-bond donors (Lipinski definition) is 2. The molecule has 0 amide bonds. The molecule has 1 N–H and O–H groups in total. The summed E-state index contributed by atoms with van der Waals surface area (Å²) in [5, 5.41) is 9.71. The second-order valence-corrected chi connectivity index (χ2v) is 5.24. The summed E-state index contributed by atoms with van der Waals surface area (Å²) in [7, 11) is 0. The summed E-state index contributed by atoms with van der Waals surface area (Å²) in [5.74, 6) is -1.14. The molecule has 0 unspecified atom stereocenters. The SMILES string of the molecule is O=Cc1c(Cl)ccc(Cl)c1-c1c(S)cccc1C(=O)O. The Morgan fingerprint density at radius 2 is 1.75 bits per heavy atom. The number of carbonyl (C=O) groups is 2. The number of carboxylic acids is 1. The third-order valence-electron chi connectivity index (χ3n) is 2.78. The van der Waals surface area contributed by atoms with Gasteiger partial charge in [-0.1, -0.05) is 29.3 Å². The standard InChI is InChI=1S/C14H8Cl2O3S/c15-9-4-5-10(16)12(8(9)6-17)13-7(14(18)19)2-1-3-11(13)20/h1-6,20H,(H,18,19). The molecule has 3 nitrogen and oxygen atoms in total. The lowest BCUT2D eigenvalue weighted by Crippen LogP contribution is -2.02. The van der Waals surface area contributed by atoms with Gasteiger partial charge in [-0.2, -0.15) is 0 Å². The summed E-state index contributed by atoms with van der Waals surface area (Å²) in [4.78, 5) is 23.0. The molecule has 6 heteroatoms. The van der Waals surface area contributed by atoms with Gasteiger partial charge in [-0.05, 0) is 24.3 Å². The Bertz CT molecular complexity index is 714. The third kappa shape index (κ3) is 2.54. The van der Waals surface area contributed by atoms with Crippen molar-refractivity contribution in [3.63, 3.8) is 0 Å². The zero-order valence-corrected chi connectivity index (χ0v) is 12.3. The lowest BCUT2D eigenvalue weighted by molar-refractivity contribution is 0.0697. The molecule has 0 spiro atoms. The van der Waals surface area contributed by atoms with Gasteiger partial charge in [0.1, 0.15) is 0 Å². The molecular weight excluding hydrogens is 319 g/mol. The normalized spacial score (nSPS) is 10.3. The Morgan fingerprint density at radius 1 is 1.10 bits per heavy atom. The van der Waals surface area contributed by atoms with Crippen molar-refractivity contribution < 1.29 is 14.7 Å². The fraction of sp³-hybridized carbons (Fsp3) is 0. The highest BCUT2D eigenvalue weighted by atomic mass is 35.5. The molecule has 0 fully saturated rings. The smallest absolute Gasteiger partial charge is 0.336 e. The molecule has 2 rings (SSSR count). The van der Waals surface area contributed by atoms with E-state index in [-0.39, 0.29) is 32.3 Å². The maximum Gasteiger partial charge on any atom is 0.336 e. The van der Waals surface area contributed by atoms with E-state index < -0.39 is 5.97 Å². The minimum Gasteiger partial charge on any atom is -0.478 e. The van der Waals surface area contributed by atoms with Gasteiger partial charge in [0.05, 0.1) is 10.6 Å². The highest BCUT2D eigenvalue weighted by Crippen LogP contribution is 2.39. The molecule has 2 aromatic rings. The van der Waals surface area contributed by atoms with Crippen molar-refractivity contribution in [2.24, 2.45) is 0 Å². The molecule has 0 saturated carbocycles. The lowest BCUT2D eigenvalue weighted by atomic mass is 9.95. The number of benzene rings is 2. The average Bonchev–Trinajstić information content (AvgIpc) is 2.41. The highest BCUT2D eigenvalue weighted by molar-refractivity contribution is 7.80. The average molecular weight is 327 g/mol. The predicted octanol–water partition coefficient (Wildman–Crippen LogP) is 4.46. The summed E-state index contributed by atoms with van der Waals surface area (Å²) in [6.07, 6.45) is 0.551. The van der Waals surface area contributed by atoms with Crippen LogP contribution in [0.25, 0.3) is 11.1 Å². The molecule has 0 atom stereocenters. The molecule has 20 heavy (non-hydrogen) atoms. The first-order valence-electron chi connectivity index (χ1n) is 5.46. The molecule has 0 heterocycles. The lowest BCUT2D eigenvalue weighted by Gasteiger charge is -2.14. The van der Waals surface area contributed by atoms with Crippen LogP contribution in [-0.4, -0.2) is 17.4 Å². The molecule has 2 aromatic carbocycles. The quantitative estimate of drug-likeness (QED) is 0.646. The molecule has 102 valence electrons. The van der Waals surface area contributed by atoms with Gasteiger partial charge < -0.3 is 5.11 Å². The van der Waals surface area contributed by atoms with Crippen molar-refractivity contribution >= 4 is 48.1 Å². The molecule has 0 aromatic heterocycles. The molecule has 0 aliphatic heterocycles. The molecular formula is C14H8Cl2O3S. The number of carboxylic acid groups (broad SMARTS) is 1. The largest absolute Gasteiger partial charge is 0.478 e. The number of carbonyl (C=O) groups excluding carboxylic acids is 1. The van der Waals surface area contributed by atoms with Crippen LogP contribution in [0.2, 0.25) is 10.0 Å². The zero-order chi connectivity index (χ0) is 14.9. The van der Waals surface area contributed by atoms with Crippen LogP contribution in [0, 0.1) is 0 Å². The minimum absolute atomic E-state index is 0.00441. The molecule has 0 saturated heterocycles. The Morgan fingerprint density at radius 3 is 2.35 bits per heavy atom. The van der Waals surface area contributed by atoms with E-state index in [1.807, 2.05) is 0 Å². The highest BCUT2D eigenvalue weighted by Gasteiger charge is 2.21. The van der Waals surface area contributed by atoms with Crippen molar-refractivity contribution in [2.75, 3.05) is 0 Å². The first-order valence-corrected chi connectivity index (χ1v) is 6.66. The van der Waals surface area contributed by atoms with Gasteiger partial charge in [-0.25, -0.2) is 4.79 Å². The van der Waals surface area contributed by atoms with Crippen molar-refractivity contribution in [2.45, 2.75) is 4.90 Å². The van der Waals surface area contributed by atoms with Gasteiger partial charge >= 0.3 is 5.97 Å². The van der Waals surface area contributed by atoms with Crippen molar-refractivity contribution in [1.29, 1.82) is 0 Å². The number of halogens is 2. The number of thiol groups is 1. The zero-order valence-electron chi connectivity index (χ0n) is 9.93. The Balaban J connectivity index is 2.92. The first-order chi connectivity index (χ1) is 9.47. The van der Waals surface area contributed by atoms with Gasteiger partial charge in [0.25, 0.3) is 0 Å². The van der Waals surface area contributed by atoms with Gasteiger partial charge in [0.15, 0.2) is 6.29 Å². The van der Waals surface area contributed by atoms with E-state index in [1.165, 1.54) is 18.2 Å². The summed E-state index contributed by atoms with van der Waals surface area (Å²) in [6.45, 7) is 0. The minimum atomic E-state index is -1.14.